The summed E-state index contributed by atoms with van der Waals surface area (Å²) in [4.78, 5) is 7.93. The molecule has 5 heteroatoms. The molecule has 2 atom stereocenters. The summed E-state index contributed by atoms with van der Waals surface area (Å²) in [7, 11) is 0. The van der Waals surface area contributed by atoms with Crippen LogP contribution < -0.4 is 31.1 Å². The second-order valence-corrected chi connectivity index (χ2v) is 21.8. The van der Waals surface area contributed by atoms with Crippen molar-refractivity contribution in [3.8, 4) is 0 Å². The monoisotopic (exact) mass is 835 g/mol. The zero-order valence-corrected chi connectivity index (χ0v) is 38.9. The fourth-order valence-corrected chi connectivity index (χ4v) is 12.4. The Morgan fingerprint density at radius 1 is 0.531 bits per heavy atom. The molecule has 318 valence electrons. The van der Waals surface area contributed by atoms with Crippen LogP contribution in [0.3, 0.4) is 0 Å². The molecule has 0 saturated heterocycles. The van der Waals surface area contributed by atoms with E-state index in [1.54, 1.807) is 0 Å². The third-order valence-corrected chi connectivity index (χ3v) is 15.9. The van der Waals surface area contributed by atoms with Crippen LogP contribution in [0.25, 0.3) is 21.9 Å². The van der Waals surface area contributed by atoms with E-state index in [-0.39, 0.29) is 28.5 Å². The van der Waals surface area contributed by atoms with Gasteiger partial charge < -0.3 is 19.1 Å². The molecule has 1 aromatic heterocycles. The van der Waals surface area contributed by atoms with E-state index in [0.29, 0.717) is 0 Å². The number of furan rings is 1. The van der Waals surface area contributed by atoms with Crippen LogP contribution in [-0.2, 0) is 16.2 Å². The van der Waals surface area contributed by atoms with E-state index in [1.165, 1.54) is 104 Å². The normalized spacial score (nSPS) is 20.0. The minimum absolute atomic E-state index is 0.0126. The fourth-order valence-electron chi connectivity index (χ4n) is 12.4. The minimum atomic E-state index is -0.0456. The maximum absolute atomic E-state index is 6.58. The van der Waals surface area contributed by atoms with Gasteiger partial charge in [-0.05, 0) is 143 Å². The van der Waals surface area contributed by atoms with Gasteiger partial charge in [0, 0.05) is 50.6 Å². The summed E-state index contributed by atoms with van der Waals surface area (Å²) in [5.41, 5.74) is 21.1. The summed E-state index contributed by atoms with van der Waals surface area (Å²) < 4.78 is 6.58. The number of nitrogens with zero attached hydrogens (tertiary/aromatic N) is 3. The van der Waals surface area contributed by atoms with Gasteiger partial charge in [0.05, 0.1) is 16.6 Å². The topological polar surface area (TPSA) is 22.9 Å². The Hall–Kier alpha value is -6.20. The maximum atomic E-state index is 6.58. The molecule has 0 radical (unpaired) electrons. The maximum Gasteiger partial charge on any atom is 0.252 e. The van der Waals surface area contributed by atoms with Gasteiger partial charge in [0.1, 0.15) is 11.2 Å². The summed E-state index contributed by atoms with van der Waals surface area (Å²) in [5, 5.41) is 2.28. The SMILES string of the molecule is Cc1cc2c3c(c1)N(c1cccc4oc5ccccc5c14)c1cc(C(C)(C)C)ccc1B3c1ccc(N3c4ccccc4C4(C)CCCCC34C)cc1N2c1cccc(C(C)(C)C)c1. The Morgan fingerprint density at radius 2 is 1.17 bits per heavy atom. The van der Waals surface area contributed by atoms with Gasteiger partial charge in [0.25, 0.3) is 6.71 Å². The molecule has 12 rings (SSSR count). The molecule has 2 unspecified atom stereocenters. The van der Waals surface area contributed by atoms with Crippen LogP contribution >= 0.6 is 0 Å². The summed E-state index contributed by atoms with van der Waals surface area (Å²) in [6.07, 6.45) is 4.89. The molecule has 0 spiro atoms. The summed E-state index contributed by atoms with van der Waals surface area (Å²) in [6.45, 7) is 21.3. The average Bonchev–Trinajstić information content (AvgIpc) is 3.75. The molecule has 8 aromatic rings. The van der Waals surface area contributed by atoms with Crippen molar-refractivity contribution in [1.82, 2.24) is 0 Å². The number of hydrogen-bond donors (Lipinski definition) is 0. The minimum Gasteiger partial charge on any atom is -0.456 e. The molecule has 0 N–H and O–H groups in total. The lowest BCUT2D eigenvalue weighted by Crippen LogP contribution is -2.61. The van der Waals surface area contributed by atoms with Gasteiger partial charge in [0.2, 0.25) is 0 Å². The number of para-hydroxylation sites is 2. The first-order chi connectivity index (χ1) is 30.7. The van der Waals surface area contributed by atoms with Crippen molar-refractivity contribution in [2.24, 2.45) is 0 Å². The van der Waals surface area contributed by atoms with Crippen LogP contribution in [0.1, 0.15) is 103 Å². The molecular weight excluding hydrogens is 777 g/mol. The third kappa shape index (κ3) is 5.42. The Morgan fingerprint density at radius 3 is 1.97 bits per heavy atom. The van der Waals surface area contributed by atoms with Crippen molar-refractivity contribution < 1.29 is 4.42 Å². The third-order valence-electron chi connectivity index (χ3n) is 15.9. The predicted octanol–water partition coefficient (Wildman–Crippen LogP) is 14.3. The number of rotatable bonds is 3. The zero-order chi connectivity index (χ0) is 44.1. The summed E-state index contributed by atoms with van der Waals surface area (Å²) in [5.74, 6) is 0. The lowest BCUT2D eigenvalue weighted by atomic mass is 9.33. The van der Waals surface area contributed by atoms with Gasteiger partial charge >= 0.3 is 0 Å². The van der Waals surface area contributed by atoms with E-state index in [4.69, 9.17) is 4.42 Å². The smallest absolute Gasteiger partial charge is 0.252 e. The van der Waals surface area contributed by atoms with E-state index in [9.17, 15) is 0 Å². The van der Waals surface area contributed by atoms with E-state index < -0.39 is 0 Å². The quantitative estimate of drug-likeness (QED) is 0.165. The van der Waals surface area contributed by atoms with Crippen molar-refractivity contribution >= 4 is 90.5 Å². The average molecular weight is 836 g/mol. The molecule has 1 fully saturated rings. The van der Waals surface area contributed by atoms with Crippen LogP contribution in [0.5, 0.6) is 0 Å². The molecule has 1 saturated carbocycles. The Kier molecular flexibility index (Phi) is 8.26. The number of aryl methyl sites for hydroxylation is 1. The van der Waals surface area contributed by atoms with Crippen molar-refractivity contribution in [3.05, 3.63) is 162 Å². The summed E-state index contributed by atoms with van der Waals surface area (Å²) in [6, 6.07) is 53.4. The number of anilines is 8. The second-order valence-electron chi connectivity index (χ2n) is 21.8. The van der Waals surface area contributed by atoms with E-state index >= 15 is 0 Å². The Balaban J connectivity index is 1.16. The highest BCUT2D eigenvalue weighted by Gasteiger charge is 2.58. The van der Waals surface area contributed by atoms with Gasteiger partial charge in [-0.15, -0.1) is 0 Å². The largest absolute Gasteiger partial charge is 0.456 e. The molecule has 3 aliphatic heterocycles. The highest BCUT2D eigenvalue weighted by molar-refractivity contribution is 7.00. The predicted molar refractivity (Wildman–Crippen MR) is 273 cm³/mol. The van der Waals surface area contributed by atoms with Gasteiger partial charge in [-0.25, -0.2) is 0 Å². The molecule has 7 aromatic carbocycles. The van der Waals surface area contributed by atoms with Gasteiger partial charge in [-0.3, -0.25) is 0 Å². The Labute approximate surface area is 379 Å². The molecular formula is C59H58BN3O. The fraction of sp³-hybridized carbons (Fsp3) is 0.288. The Bertz CT molecular complexity index is 3240. The number of fused-ring (bicyclic) bond motifs is 10. The highest BCUT2D eigenvalue weighted by Crippen LogP contribution is 2.61. The van der Waals surface area contributed by atoms with Crippen LogP contribution in [0.15, 0.2) is 144 Å². The van der Waals surface area contributed by atoms with Crippen molar-refractivity contribution in [2.75, 3.05) is 14.7 Å². The molecule has 0 amide bonds. The van der Waals surface area contributed by atoms with Crippen LogP contribution in [0.4, 0.5) is 45.5 Å². The first kappa shape index (κ1) is 39.4. The summed E-state index contributed by atoms with van der Waals surface area (Å²) >= 11 is 0. The van der Waals surface area contributed by atoms with Crippen molar-refractivity contribution in [2.45, 2.75) is 110 Å². The molecule has 1 aliphatic carbocycles. The number of benzene rings is 7. The molecule has 4 nitrogen and oxygen atoms in total. The van der Waals surface area contributed by atoms with Crippen LogP contribution in [0, 0.1) is 6.92 Å². The van der Waals surface area contributed by atoms with Crippen molar-refractivity contribution in [3.63, 3.8) is 0 Å². The zero-order valence-electron chi connectivity index (χ0n) is 38.9. The van der Waals surface area contributed by atoms with Crippen LogP contribution in [-0.4, -0.2) is 12.3 Å². The van der Waals surface area contributed by atoms with Gasteiger partial charge in [-0.2, -0.15) is 0 Å². The molecule has 4 heterocycles. The lowest BCUT2D eigenvalue weighted by Gasteiger charge is -2.50. The highest BCUT2D eigenvalue weighted by atomic mass is 16.3. The van der Waals surface area contributed by atoms with Crippen molar-refractivity contribution in [1.29, 1.82) is 0 Å². The lowest BCUT2D eigenvalue weighted by molar-refractivity contribution is 0.195. The molecule has 0 bridgehead atoms. The molecule has 64 heavy (non-hydrogen) atoms. The standard InChI is InChI=1S/C59H58BN3O/c1-37-32-50-55-51(33-37)62(47-23-17-25-53-54(47)42-20-10-13-24-52(42)64-53)48-35-39(57(5,6)7)26-28-44(48)60(55)45-29-27-41(36-49(45)61(50)40-19-16-18-38(34-40)56(2,3)4)63-46-22-12-11-21-43(46)58(8)30-14-15-31-59(58,63)9/h10-13,16-29,32-36H,14-15,30-31H2,1-9H3. The van der Waals surface area contributed by atoms with Crippen LogP contribution in [0.2, 0.25) is 0 Å². The first-order valence-corrected chi connectivity index (χ1v) is 23.6. The van der Waals surface area contributed by atoms with E-state index in [1.807, 2.05) is 0 Å². The van der Waals surface area contributed by atoms with Gasteiger partial charge in [-0.1, -0.05) is 134 Å². The van der Waals surface area contributed by atoms with E-state index in [2.05, 4.69) is 217 Å². The first-order valence-electron chi connectivity index (χ1n) is 23.6. The van der Waals surface area contributed by atoms with E-state index in [0.717, 1.165) is 27.6 Å². The number of hydrogen-bond acceptors (Lipinski definition) is 4. The van der Waals surface area contributed by atoms with Gasteiger partial charge in [0.15, 0.2) is 0 Å². The second kappa shape index (κ2) is 13.4. The molecule has 4 aliphatic rings.